The fourth-order valence-corrected chi connectivity index (χ4v) is 1.35. The van der Waals surface area contributed by atoms with Gasteiger partial charge in [-0.25, -0.2) is 0 Å². The Labute approximate surface area is 79.8 Å². The van der Waals surface area contributed by atoms with E-state index in [9.17, 15) is 18.0 Å². The Balaban J connectivity index is 2.38. The zero-order chi connectivity index (χ0) is 10.9. The number of rotatable bonds is 2. The number of nitrogens with zero attached hydrogens (tertiary/aromatic N) is 1. The molecule has 3 nitrogen and oxygen atoms in total. The van der Waals surface area contributed by atoms with E-state index in [0.29, 0.717) is 0 Å². The van der Waals surface area contributed by atoms with Gasteiger partial charge in [0.2, 0.25) is 0 Å². The predicted octanol–water partition coefficient (Wildman–Crippen LogP) is 1.04. The highest BCUT2D eigenvalue weighted by molar-refractivity contribution is 5.82. The number of hydrogen-bond acceptors (Lipinski definition) is 2. The van der Waals surface area contributed by atoms with Crippen LogP contribution >= 0.6 is 0 Å². The van der Waals surface area contributed by atoms with Crippen LogP contribution in [0.15, 0.2) is 0 Å². The van der Waals surface area contributed by atoms with Crippen molar-refractivity contribution in [2.45, 2.75) is 19.2 Å². The van der Waals surface area contributed by atoms with E-state index in [4.69, 9.17) is 4.74 Å². The number of alkyl halides is 3. The summed E-state index contributed by atoms with van der Waals surface area (Å²) in [7, 11) is 1.50. The summed E-state index contributed by atoms with van der Waals surface area (Å²) in [6.45, 7) is 2.04. The smallest absolute Gasteiger partial charge is 0.381 e. The number of halogens is 3. The fraction of sp³-hybridized carbons (Fsp3) is 0.875. The average Bonchev–Trinajstić information content (AvgIpc) is 1.99. The lowest BCUT2D eigenvalue weighted by Gasteiger charge is -2.41. The molecule has 0 bridgehead atoms. The maximum absolute atomic E-state index is 11.9. The van der Waals surface area contributed by atoms with Crippen molar-refractivity contribution in [3.63, 3.8) is 0 Å². The van der Waals surface area contributed by atoms with E-state index in [0.717, 1.165) is 4.90 Å². The Hall–Kier alpha value is -0.780. The van der Waals surface area contributed by atoms with E-state index >= 15 is 0 Å². The van der Waals surface area contributed by atoms with Crippen molar-refractivity contribution in [2.75, 3.05) is 20.2 Å². The summed E-state index contributed by atoms with van der Waals surface area (Å²) in [5, 5.41) is 0. The lowest BCUT2D eigenvalue weighted by Crippen LogP contribution is -2.57. The molecule has 1 fully saturated rings. The minimum absolute atomic E-state index is 0.0197. The van der Waals surface area contributed by atoms with Crippen LogP contribution in [-0.4, -0.2) is 43.3 Å². The zero-order valence-corrected chi connectivity index (χ0v) is 7.97. The number of amides is 1. The molecule has 1 atom stereocenters. The van der Waals surface area contributed by atoms with Gasteiger partial charge in [-0.1, -0.05) is 0 Å². The van der Waals surface area contributed by atoms with Gasteiger partial charge >= 0.3 is 12.1 Å². The van der Waals surface area contributed by atoms with Gasteiger partial charge in [-0.05, 0) is 6.92 Å². The molecule has 0 aromatic carbocycles. The van der Waals surface area contributed by atoms with Crippen LogP contribution < -0.4 is 0 Å². The summed E-state index contributed by atoms with van der Waals surface area (Å²) in [6, 6.07) is 0. The normalized spacial score (nSPS) is 20.5. The van der Waals surface area contributed by atoms with Gasteiger partial charge in [-0.3, -0.25) is 4.79 Å². The Morgan fingerprint density at radius 2 is 2.00 bits per heavy atom. The third kappa shape index (κ3) is 2.17. The third-order valence-electron chi connectivity index (χ3n) is 2.48. The molecule has 0 radical (unpaired) electrons. The van der Waals surface area contributed by atoms with Crippen LogP contribution in [0.25, 0.3) is 0 Å². The van der Waals surface area contributed by atoms with E-state index in [1.165, 1.54) is 7.11 Å². The zero-order valence-electron chi connectivity index (χ0n) is 7.97. The summed E-state index contributed by atoms with van der Waals surface area (Å²) >= 11 is 0. The first-order chi connectivity index (χ1) is 6.36. The Kier molecular flexibility index (Phi) is 3.04. The van der Waals surface area contributed by atoms with Gasteiger partial charge in [0, 0.05) is 26.1 Å². The Morgan fingerprint density at radius 1 is 1.50 bits per heavy atom. The van der Waals surface area contributed by atoms with E-state index in [-0.39, 0.29) is 25.1 Å². The lowest BCUT2D eigenvalue weighted by atomic mass is 9.94. The van der Waals surface area contributed by atoms with Crippen molar-refractivity contribution in [1.82, 2.24) is 4.90 Å². The molecule has 1 aliphatic rings. The summed E-state index contributed by atoms with van der Waals surface area (Å²) in [5.74, 6) is -1.73. The molecule has 0 saturated carbocycles. The van der Waals surface area contributed by atoms with Crippen molar-refractivity contribution in [2.24, 2.45) is 5.92 Å². The summed E-state index contributed by atoms with van der Waals surface area (Å²) in [4.78, 5) is 11.5. The number of methoxy groups -OCH3 is 1. The molecule has 0 aromatic rings. The number of carbonyl (C=O) groups excluding carboxylic acids is 1. The molecular weight excluding hydrogens is 199 g/mol. The van der Waals surface area contributed by atoms with E-state index in [1.54, 1.807) is 6.92 Å². The van der Waals surface area contributed by atoms with Crippen molar-refractivity contribution < 1.29 is 22.7 Å². The minimum Gasteiger partial charge on any atom is -0.381 e. The first kappa shape index (κ1) is 11.3. The number of likely N-dealkylation sites (tertiary alicyclic amines) is 1. The maximum Gasteiger partial charge on any atom is 0.471 e. The Bertz CT molecular complexity index is 223. The summed E-state index contributed by atoms with van der Waals surface area (Å²) < 4.78 is 40.7. The summed E-state index contributed by atoms with van der Waals surface area (Å²) in [6.07, 6.45) is -4.85. The maximum atomic E-state index is 11.9. The molecule has 1 heterocycles. The molecule has 0 aromatic heterocycles. The molecule has 0 aliphatic carbocycles. The molecule has 14 heavy (non-hydrogen) atoms. The van der Waals surface area contributed by atoms with Crippen LogP contribution in [0.3, 0.4) is 0 Å². The molecule has 6 heteroatoms. The van der Waals surface area contributed by atoms with Crippen molar-refractivity contribution in [3.8, 4) is 0 Å². The standard InChI is InChI=1S/C8H12F3NO2/c1-5(14-2)6-3-12(4-6)7(13)8(9,10)11/h5-6H,3-4H2,1-2H3. The van der Waals surface area contributed by atoms with E-state index in [1.807, 2.05) is 0 Å². The molecule has 82 valence electrons. The van der Waals surface area contributed by atoms with Gasteiger partial charge in [0.05, 0.1) is 6.10 Å². The van der Waals surface area contributed by atoms with Crippen LogP contribution in [-0.2, 0) is 9.53 Å². The van der Waals surface area contributed by atoms with Gasteiger partial charge in [0.15, 0.2) is 0 Å². The highest BCUT2D eigenvalue weighted by atomic mass is 19.4. The van der Waals surface area contributed by atoms with Crippen LogP contribution in [0, 0.1) is 5.92 Å². The molecule has 1 amide bonds. The Morgan fingerprint density at radius 3 is 2.36 bits per heavy atom. The lowest BCUT2D eigenvalue weighted by molar-refractivity contribution is -0.193. The predicted molar refractivity (Wildman–Crippen MR) is 42.6 cm³/mol. The second kappa shape index (κ2) is 3.76. The number of carbonyl (C=O) groups is 1. The largest absolute Gasteiger partial charge is 0.471 e. The molecule has 0 N–H and O–H groups in total. The van der Waals surface area contributed by atoms with Gasteiger partial charge in [0.1, 0.15) is 0 Å². The van der Waals surface area contributed by atoms with Gasteiger partial charge in [0.25, 0.3) is 0 Å². The van der Waals surface area contributed by atoms with E-state index in [2.05, 4.69) is 0 Å². The van der Waals surface area contributed by atoms with Crippen molar-refractivity contribution in [3.05, 3.63) is 0 Å². The second-order valence-corrected chi connectivity index (χ2v) is 3.41. The quantitative estimate of drug-likeness (QED) is 0.683. The highest BCUT2D eigenvalue weighted by Gasteiger charge is 2.47. The fourth-order valence-electron chi connectivity index (χ4n) is 1.35. The van der Waals surface area contributed by atoms with Gasteiger partial charge in [-0.2, -0.15) is 13.2 Å². The molecule has 1 rings (SSSR count). The first-order valence-electron chi connectivity index (χ1n) is 4.25. The monoisotopic (exact) mass is 211 g/mol. The molecular formula is C8H12F3NO2. The molecule has 1 saturated heterocycles. The number of hydrogen-bond donors (Lipinski definition) is 0. The van der Waals surface area contributed by atoms with Gasteiger partial charge in [-0.15, -0.1) is 0 Å². The molecule has 1 aliphatic heterocycles. The van der Waals surface area contributed by atoms with Crippen LogP contribution in [0.5, 0.6) is 0 Å². The molecule has 1 unspecified atom stereocenters. The van der Waals surface area contributed by atoms with Crippen molar-refractivity contribution >= 4 is 5.91 Å². The second-order valence-electron chi connectivity index (χ2n) is 3.41. The molecule has 0 spiro atoms. The van der Waals surface area contributed by atoms with Gasteiger partial charge < -0.3 is 9.64 Å². The summed E-state index contributed by atoms with van der Waals surface area (Å²) in [5.41, 5.74) is 0. The topological polar surface area (TPSA) is 29.5 Å². The highest BCUT2D eigenvalue weighted by Crippen LogP contribution is 2.26. The SMILES string of the molecule is COC(C)C1CN(C(=O)C(F)(F)F)C1. The van der Waals surface area contributed by atoms with Crippen LogP contribution in [0.2, 0.25) is 0 Å². The van der Waals surface area contributed by atoms with Crippen molar-refractivity contribution in [1.29, 1.82) is 0 Å². The first-order valence-corrected chi connectivity index (χ1v) is 4.25. The van der Waals surface area contributed by atoms with E-state index < -0.39 is 12.1 Å². The van der Waals surface area contributed by atoms with Crippen LogP contribution in [0.4, 0.5) is 13.2 Å². The number of ether oxygens (including phenoxy) is 1. The van der Waals surface area contributed by atoms with Crippen LogP contribution in [0.1, 0.15) is 6.92 Å². The average molecular weight is 211 g/mol. The minimum atomic E-state index is -4.75. The third-order valence-corrected chi connectivity index (χ3v) is 2.48.